The topological polar surface area (TPSA) is 162 Å². The van der Waals surface area contributed by atoms with Crippen LogP contribution in [0.1, 0.15) is 52.9 Å². The van der Waals surface area contributed by atoms with Gasteiger partial charge in [0.2, 0.25) is 5.91 Å². The average molecular weight is 587 g/mol. The van der Waals surface area contributed by atoms with E-state index < -0.39 is 11.9 Å². The predicted octanol–water partition coefficient (Wildman–Crippen LogP) is 3.92. The lowest BCUT2D eigenvalue weighted by molar-refractivity contribution is -0.141. The Bertz CT molecular complexity index is 1470. The van der Waals surface area contributed by atoms with Gasteiger partial charge in [-0.15, -0.1) is 11.3 Å². The molecule has 0 radical (unpaired) electrons. The van der Waals surface area contributed by atoms with Gasteiger partial charge in [-0.05, 0) is 35.4 Å². The van der Waals surface area contributed by atoms with E-state index in [0.717, 1.165) is 11.1 Å². The summed E-state index contributed by atoms with van der Waals surface area (Å²) < 4.78 is 22.7. The summed E-state index contributed by atoms with van der Waals surface area (Å²) in [4.78, 5) is 53.3. The van der Waals surface area contributed by atoms with E-state index in [9.17, 15) is 19.2 Å². The number of benzene rings is 1. The molecular weight excluding hydrogens is 556 g/mol. The summed E-state index contributed by atoms with van der Waals surface area (Å²) >= 11 is 1.18. The minimum atomic E-state index is -1.03. The highest BCUT2D eigenvalue weighted by Gasteiger charge is 2.26. The Hall–Kier alpha value is -4.39. The molecule has 41 heavy (non-hydrogen) atoms. The molecule has 0 fully saturated rings. The van der Waals surface area contributed by atoms with Crippen LogP contribution in [0, 0.1) is 0 Å². The van der Waals surface area contributed by atoms with Crippen molar-refractivity contribution in [2.24, 2.45) is 0 Å². The summed E-state index contributed by atoms with van der Waals surface area (Å²) in [5.41, 5.74) is 1.85. The number of ether oxygens (including phenoxy) is 4. The average Bonchev–Trinajstić information content (AvgIpc) is 3.56. The lowest BCUT2D eigenvalue weighted by Gasteiger charge is -2.14. The second-order valence-corrected chi connectivity index (χ2v) is 10.3. The first-order valence-electron chi connectivity index (χ1n) is 12.9. The fourth-order valence-corrected chi connectivity index (χ4v) is 5.29. The van der Waals surface area contributed by atoms with E-state index in [1.54, 1.807) is 17.0 Å². The highest BCUT2D eigenvalue weighted by atomic mass is 32.1. The number of thiophene rings is 1. The molecule has 0 atom stereocenters. The summed E-state index contributed by atoms with van der Waals surface area (Å²) in [5, 5.41) is 18.4. The van der Waals surface area contributed by atoms with E-state index >= 15 is 0 Å². The van der Waals surface area contributed by atoms with Gasteiger partial charge < -0.3 is 34.1 Å². The van der Waals surface area contributed by atoms with Gasteiger partial charge in [-0.1, -0.05) is 0 Å². The number of amides is 1. The number of ketones is 1. The third-order valence-electron chi connectivity index (χ3n) is 6.39. The fourth-order valence-electron chi connectivity index (χ4n) is 4.32. The highest BCUT2D eigenvalue weighted by Crippen LogP contribution is 2.36. The van der Waals surface area contributed by atoms with Crippen LogP contribution in [-0.2, 0) is 27.5 Å². The summed E-state index contributed by atoms with van der Waals surface area (Å²) in [6, 6.07) is 7.08. The second-order valence-electron chi connectivity index (χ2n) is 9.28. The molecule has 3 aromatic rings. The van der Waals surface area contributed by atoms with E-state index in [-0.39, 0.29) is 49.9 Å². The van der Waals surface area contributed by atoms with Crippen LogP contribution >= 0.6 is 11.3 Å². The zero-order chi connectivity index (χ0) is 29.5. The number of hydrogen-bond donors (Lipinski definition) is 2. The smallest absolute Gasteiger partial charge is 0.303 e. The van der Waals surface area contributed by atoms with Crippen LogP contribution in [0.3, 0.4) is 0 Å². The third kappa shape index (κ3) is 7.42. The van der Waals surface area contributed by atoms with Gasteiger partial charge >= 0.3 is 11.9 Å². The maximum absolute atomic E-state index is 12.4. The highest BCUT2D eigenvalue weighted by molar-refractivity contribution is 7.20. The molecule has 12 nitrogen and oxygen atoms in total. The number of carboxylic acid groups (broad SMARTS) is 2. The zero-order valence-corrected chi connectivity index (χ0v) is 23.5. The van der Waals surface area contributed by atoms with E-state index in [0.29, 0.717) is 58.5 Å². The molecule has 1 aliphatic heterocycles. The van der Waals surface area contributed by atoms with Gasteiger partial charge in [0.1, 0.15) is 4.83 Å². The normalized spacial score (nSPS) is 12.2. The molecule has 0 unspecified atom stereocenters. The molecule has 1 amide bonds. The summed E-state index contributed by atoms with van der Waals surface area (Å²) in [6.07, 6.45) is -0.0474. The van der Waals surface area contributed by atoms with Crippen LogP contribution in [0.5, 0.6) is 23.1 Å². The number of aliphatic carboxylic acids is 2. The van der Waals surface area contributed by atoms with E-state index in [2.05, 4.69) is 4.98 Å². The Balaban J connectivity index is 1.33. The molecule has 2 N–H and O–H groups in total. The Morgan fingerprint density at radius 1 is 0.829 bits per heavy atom. The van der Waals surface area contributed by atoms with Crippen molar-refractivity contribution in [1.82, 2.24) is 9.88 Å². The van der Waals surface area contributed by atoms with E-state index in [1.807, 2.05) is 12.1 Å². The van der Waals surface area contributed by atoms with Gasteiger partial charge in [-0.2, -0.15) is 4.98 Å². The SMILES string of the molecule is COc1cc2c(cc1OCCCOc1cc3cc(C(=O)CCC(=O)O)sc3nc1OC)CN(C(=O)CCC(=O)O)C2. The van der Waals surface area contributed by atoms with Crippen LogP contribution in [0.4, 0.5) is 0 Å². The number of aromatic nitrogens is 1. The number of carbonyl (C=O) groups is 4. The first-order valence-corrected chi connectivity index (χ1v) is 13.7. The van der Waals surface area contributed by atoms with Crippen LogP contribution in [0.2, 0.25) is 0 Å². The maximum atomic E-state index is 12.4. The lowest BCUT2D eigenvalue weighted by Crippen LogP contribution is -2.25. The molecule has 4 rings (SSSR count). The second kappa shape index (κ2) is 13.3. The summed E-state index contributed by atoms with van der Waals surface area (Å²) in [7, 11) is 3.01. The van der Waals surface area contributed by atoms with Crippen molar-refractivity contribution in [2.45, 2.75) is 45.2 Å². The molecule has 0 bridgehead atoms. The van der Waals surface area contributed by atoms with Crippen LogP contribution in [-0.4, -0.2) is 71.2 Å². The van der Waals surface area contributed by atoms with Crippen molar-refractivity contribution in [2.75, 3.05) is 27.4 Å². The molecule has 3 heterocycles. The van der Waals surface area contributed by atoms with Crippen molar-refractivity contribution in [3.8, 4) is 23.1 Å². The van der Waals surface area contributed by atoms with E-state index in [4.69, 9.17) is 29.2 Å². The maximum Gasteiger partial charge on any atom is 0.303 e. The van der Waals surface area contributed by atoms with Crippen molar-refractivity contribution in [1.29, 1.82) is 0 Å². The molecule has 0 spiro atoms. The Morgan fingerprint density at radius 3 is 2.10 bits per heavy atom. The van der Waals surface area contributed by atoms with Gasteiger partial charge in [-0.25, -0.2) is 0 Å². The van der Waals surface area contributed by atoms with Gasteiger partial charge in [0.25, 0.3) is 5.88 Å². The van der Waals surface area contributed by atoms with Gasteiger partial charge in [0.05, 0.1) is 45.2 Å². The Labute approximate surface area is 239 Å². The molecule has 0 saturated heterocycles. The number of fused-ring (bicyclic) bond motifs is 2. The molecule has 1 aromatic carbocycles. The Kier molecular flexibility index (Phi) is 9.61. The number of rotatable bonds is 15. The quantitative estimate of drug-likeness (QED) is 0.196. The number of carbonyl (C=O) groups excluding carboxylic acids is 2. The minimum absolute atomic E-state index is 0.0461. The van der Waals surface area contributed by atoms with Gasteiger partial charge in [0, 0.05) is 37.7 Å². The Morgan fingerprint density at radius 2 is 1.46 bits per heavy atom. The lowest BCUT2D eigenvalue weighted by atomic mass is 10.1. The monoisotopic (exact) mass is 586 g/mol. The molecule has 218 valence electrons. The number of nitrogens with zero attached hydrogens (tertiary/aromatic N) is 2. The van der Waals surface area contributed by atoms with Gasteiger partial charge in [-0.3, -0.25) is 19.2 Å². The van der Waals surface area contributed by atoms with Crippen molar-refractivity contribution < 1.29 is 48.3 Å². The molecule has 0 aliphatic carbocycles. The molecular formula is C28H30N2O10S. The molecule has 1 aliphatic rings. The number of methoxy groups -OCH3 is 2. The number of hydrogen-bond acceptors (Lipinski definition) is 10. The van der Waals surface area contributed by atoms with Crippen molar-refractivity contribution in [3.05, 3.63) is 40.3 Å². The fraction of sp³-hybridized carbons (Fsp3) is 0.393. The first kappa shape index (κ1) is 29.6. The third-order valence-corrected chi connectivity index (χ3v) is 7.48. The largest absolute Gasteiger partial charge is 0.493 e. The molecule has 2 aromatic heterocycles. The van der Waals surface area contributed by atoms with Gasteiger partial charge in [0.15, 0.2) is 23.0 Å². The van der Waals surface area contributed by atoms with Crippen LogP contribution in [0.25, 0.3) is 10.2 Å². The van der Waals surface area contributed by atoms with E-state index in [1.165, 1.54) is 25.6 Å². The molecule has 0 saturated carbocycles. The summed E-state index contributed by atoms with van der Waals surface area (Å²) in [5.74, 6) is -0.757. The summed E-state index contributed by atoms with van der Waals surface area (Å²) in [6.45, 7) is 1.37. The van der Waals surface area contributed by atoms with Crippen molar-refractivity contribution in [3.63, 3.8) is 0 Å². The minimum Gasteiger partial charge on any atom is -0.493 e. The van der Waals surface area contributed by atoms with Crippen LogP contribution < -0.4 is 18.9 Å². The van der Waals surface area contributed by atoms with Crippen LogP contribution in [0.15, 0.2) is 24.3 Å². The molecule has 13 heteroatoms. The van der Waals surface area contributed by atoms with Crippen molar-refractivity contribution >= 4 is 45.2 Å². The number of pyridine rings is 1. The predicted molar refractivity (Wildman–Crippen MR) is 147 cm³/mol. The first-order chi connectivity index (χ1) is 19.7. The number of carboxylic acids is 2. The zero-order valence-electron chi connectivity index (χ0n) is 22.6. The number of Topliss-reactive ketones (excluding diaryl/α,β-unsaturated/α-hetero) is 1. The standard InChI is InChI=1S/C28H30N2O10S/c1-37-20-11-17-14-30(24(32)5-7-26(35)36)15-18(17)12-21(20)39-8-3-9-40-22-10-16-13-23(19(31)4-6-25(33)34)41-28(16)29-27(22)38-2/h10-13H,3-9,14-15H2,1-2H3,(H,33,34)(H,35,36).